The second kappa shape index (κ2) is 6.01. The Morgan fingerprint density at radius 2 is 1.84 bits per heavy atom. The van der Waals surface area contributed by atoms with E-state index in [-0.39, 0.29) is 17.7 Å². The molecule has 0 bridgehead atoms. The van der Waals surface area contributed by atoms with Crippen LogP contribution in [0.5, 0.6) is 0 Å². The summed E-state index contributed by atoms with van der Waals surface area (Å²) < 4.78 is 0. The molecule has 0 spiro atoms. The van der Waals surface area contributed by atoms with Crippen molar-refractivity contribution in [2.24, 2.45) is 0 Å². The van der Waals surface area contributed by atoms with E-state index in [1.165, 1.54) is 0 Å². The van der Waals surface area contributed by atoms with Crippen molar-refractivity contribution in [3.05, 3.63) is 52.5 Å². The molecule has 2 N–H and O–H groups in total. The Kier molecular flexibility index (Phi) is 3.81. The fourth-order valence-corrected chi connectivity index (χ4v) is 3.80. The summed E-state index contributed by atoms with van der Waals surface area (Å²) in [7, 11) is 0. The van der Waals surface area contributed by atoms with Gasteiger partial charge in [-0.3, -0.25) is 19.7 Å². The molecule has 2 aliphatic rings. The summed E-state index contributed by atoms with van der Waals surface area (Å²) in [4.78, 5) is 35.0. The normalized spacial score (nSPS) is 19.4. The van der Waals surface area contributed by atoms with E-state index in [9.17, 15) is 14.4 Å². The van der Waals surface area contributed by atoms with Crippen LogP contribution in [0.4, 0.5) is 5.69 Å². The number of rotatable bonds is 2. The lowest BCUT2D eigenvalue weighted by atomic mass is 9.88. The number of benzene rings is 2. The molecular formula is C19H15ClN2O3. The van der Waals surface area contributed by atoms with Crippen molar-refractivity contribution >= 4 is 35.0 Å². The topological polar surface area (TPSA) is 75.3 Å². The molecule has 0 aromatic heterocycles. The van der Waals surface area contributed by atoms with E-state index >= 15 is 0 Å². The molecule has 2 aliphatic heterocycles. The van der Waals surface area contributed by atoms with Crippen LogP contribution in [0.1, 0.15) is 29.9 Å². The second-order valence-corrected chi connectivity index (χ2v) is 6.69. The van der Waals surface area contributed by atoms with Gasteiger partial charge in [-0.05, 0) is 35.2 Å². The average molecular weight is 355 g/mol. The average Bonchev–Trinajstić information content (AvgIpc) is 2.95. The molecule has 4 rings (SSSR count). The monoisotopic (exact) mass is 354 g/mol. The van der Waals surface area contributed by atoms with Crippen molar-refractivity contribution < 1.29 is 14.4 Å². The molecule has 126 valence electrons. The maximum absolute atomic E-state index is 12.2. The Hall–Kier alpha value is -2.66. The molecular weight excluding hydrogens is 340 g/mol. The lowest BCUT2D eigenvalue weighted by Gasteiger charge is -2.23. The zero-order valence-electron chi connectivity index (χ0n) is 13.3. The van der Waals surface area contributed by atoms with Gasteiger partial charge >= 0.3 is 0 Å². The number of nitrogens with one attached hydrogen (secondary N) is 2. The van der Waals surface area contributed by atoms with Crippen molar-refractivity contribution in [3.63, 3.8) is 0 Å². The Balaban J connectivity index is 1.73. The van der Waals surface area contributed by atoms with Gasteiger partial charge in [0.2, 0.25) is 17.7 Å². The molecule has 0 aliphatic carbocycles. The predicted molar refractivity (Wildman–Crippen MR) is 94.3 cm³/mol. The number of hydrogen-bond donors (Lipinski definition) is 2. The number of halogens is 1. The maximum Gasteiger partial charge on any atom is 0.234 e. The van der Waals surface area contributed by atoms with E-state index in [1.54, 1.807) is 0 Å². The van der Waals surface area contributed by atoms with Crippen LogP contribution < -0.4 is 10.6 Å². The Labute approximate surface area is 149 Å². The van der Waals surface area contributed by atoms with Crippen LogP contribution >= 0.6 is 11.6 Å². The summed E-state index contributed by atoms with van der Waals surface area (Å²) >= 11 is 6.61. The fourth-order valence-electron chi connectivity index (χ4n) is 3.43. The first-order valence-electron chi connectivity index (χ1n) is 8.08. The zero-order chi connectivity index (χ0) is 17.6. The first-order valence-corrected chi connectivity index (χ1v) is 8.46. The SMILES string of the molecule is O=C1CCC(c2cccc(-c3ccc4c(c3)CC(=O)N4)c2Cl)C(=O)N1. The van der Waals surface area contributed by atoms with Crippen LogP contribution in [-0.4, -0.2) is 17.7 Å². The maximum atomic E-state index is 12.2. The highest BCUT2D eigenvalue weighted by atomic mass is 35.5. The summed E-state index contributed by atoms with van der Waals surface area (Å²) in [6, 6.07) is 11.3. The van der Waals surface area contributed by atoms with E-state index in [1.807, 2.05) is 36.4 Å². The highest BCUT2D eigenvalue weighted by Gasteiger charge is 2.30. The lowest BCUT2D eigenvalue weighted by Crippen LogP contribution is -2.39. The fraction of sp³-hybridized carbons (Fsp3) is 0.211. The van der Waals surface area contributed by atoms with E-state index in [0.717, 1.165) is 27.9 Å². The molecule has 1 fully saturated rings. The highest BCUT2D eigenvalue weighted by molar-refractivity contribution is 6.34. The molecule has 25 heavy (non-hydrogen) atoms. The van der Waals surface area contributed by atoms with Crippen molar-refractivity contribution in [1.29, 1.82) is 0 Å². The number of carbonyl (C=O) groups excluding carboxylic acids is 3. The molecule has 2 heterocycles. The second-order valence-electron chi connectivity index (χ2n) is 6.31. The Morgan fingerprint density at radius 3 is 2.64 bits per heavy atom. The van der Waals surface area contributed by atoms with Crippen molar-refractivity contribution in [3.8, 4) is 11.1 Å². The van der Waals surface area contributed by atoms with E-state index < -0.39 is 5.92 Å². The molecule has 2 aromatic rings. The number of carbonyl (C=O) groups is 3. The quantitative estimate of drug-likeness (QED) is 0.814. The standard InChI is InChI=1S/C19H15ClN2O3/c20-18-12(10-4-6-15-11(8-10)9-17(24)21-15)2-1-3-13(18)14-5-7-16(23)22-19(14)25/h1-4,6,8,14H,5,7,9H2,(H,21,24)(H,22,23,25). The molecule has 2 aromatic carbocycles. The van der Waals surface area contributed by atoms with Crippen LogP contribution in [0.2, 0.25) is 5.02 Å². The summed E-state index contributed by atoms with van der Waals surface area (Å²) in [5, 5.41) is 5.69. The molecule has 1 atom stereocenters. The van der Waals surface area contributed by atoms with Gasteiger partial charge in [-0.1, -0.05) is 35.9 Å². The van der Waals surface area contributed by atoms with Gasteiger partial charge in [-0.25, -0.2) is 0 Å². The number of fused-ring (bicyclic) bond motifs is 1. The first-order chi connectivity index (χ1) is 12.0. The van der Waals surface area contributed by atoms with Gasteiger partial charge in [0.25, 0.3) is 0 Å². The highest BCUT2D eigenvalue weighted by Crippen LogP contribution is 2.38. The van der Waals surface area contributed by atoms with Gasteiger partial charge in [-0.15, -0.1) is 0 Å². The van der Waals surface area contributed by atoms with Gasteiger partial charge in [-0.2, -0.15) is 0 Å². The van der Waals surface area contributed by atoms with Crippen molar-refractivity contribution in [1.82, 2.24) is 5.32 Å². The van der Waals surface area contributed by atoms with Gasteiger partial charge < -0.3 is 5.32 Å². The number of piperidine rings is 1. The van der Waals surface area contributed by atoms with Crippen molar-refractivity contribution in [2.45, 2.75) is 25.2 Å². The predicted octanol–water partition coefficient (Wildman–Crippen LogP) is 3.02. The van der Waals surface area contributed by atoms with Gasteiger partial charge in [0, 0.05) is 17.7 Å². The minimum atomic E-state index is -0.428. The van der Waals surface area contributed by atoms with Crippen LogP contribution in [0.3, 0.4) is 0 Å². The van der Waals surface area contributed by atoms with Crippen LogP contribution in [0.25, 0.3) is 11.1 Å². The van der Waals surface area contributed by atoms with E-state index in [2.05, 4.69) is 10.6 Å². The molecule has 6 heteroatoms. The van der Waals surface area contributed by atoms with Crippen molar-refractivity contribution in [2.75, 3.05) is 5.32 Å². The number of anilines is 1. The number of hydrogen-bond acceptors (Lipinski definition) is 3. The molecule has 0 saturated carbocycles. The molecule has 1 unspecified atom stereocenters. The molecule has 3 amide bonds. The molecule has 1 saturated heterocycles. The van der Waals surface area contributed by atoms with E-state index in [4.69, 9.17) is 11.6 Å². The summed E-state index contributed by atoms with van der Waals surface area (Å²) in [6.07, 6.45) is 1.12. The van der Waals surface area contributed by atoms with Gasteiger partial charge in [0.15, 0.2) is 0 Å². The van der Waals surface area contributed by atoms with Gasteiger partial charge in [0.1, 0.15) is 0 Å². The molecule has 0 radical (unpaired) electrons. The third-order valence-corrected chi connectivity index (χ3v) is 5.11. The zero-order valence-corrected chi connectivity index (χ0v) is 14.0. The first kappa shape index (κ1) is 15.8. The summed E-state index contributed by atoms with van der Waals surface area (Å²) in [6.45, 7) is 0. The van der Waals surface area contributed by atoms with E-state index in [0.29, 0.717) is 24.3 Å². The van der Waals surface area contributed by atoms with Gasteiger partial charge in [0.05, 0.1) is 17.4 Å². The molecule has 5 nitrogen and oxygen atoms in total. The Bertz CT molecular complexity index is 923. The summed E-state index contributed by atoms with van der Waals surface area (Å²) in [5.74, 6) is -0.998. The minimum absolute atomic E-state index is 0.0180. The third-order valence-electron chi connectivity index (χ3n) is 4.68. The van der Waals surface area contributed by atoms with Crippen LogP contribution in [0, 0.1) is 0 Å². The minimum Gasteiger partial charge on any atom is -0.326 e. The van der Waals surface area contributed by atoms with Crippen LogP contribution in [-0.2, 0) is 20.8 Å². The van der Waals surface area contributed by atoms with Crippen LogP contribution in [0.15, 0.2) is 36.4 Å². The third kappa shape index (κ3) is 2.81. The lowest BCUT2D eigenvalue weighted by molar-refractivity contribution is -0.134. The smallest absolute Gasteiger partial charge is 0.234 e. The number of imide groups is 1. The Morgan fingerprint density at radius 1 is 1.00 bits per heavy atom. The number of amides is 3. The largest absolute Gasteiger partial charge is 0.326 e. The summed E-state index contributed by atoms with van der Waals surface area (Å²) in [5.41, 5.74) is 4.19.